The highest BCUT2D eigenvalue weighted by Gasteiger charge is 2.53. The molecule has 1 N–H and O–H groups in total. The maximum Gasteiger partial charge on any atom is 0.126 e. The summed E-state index contributed by atoms with van der Waals surface area (Å²) in [5, 5.41) is 3.56. The first-order valence-corrected chi connectivity index (χ1v) is 7.89. The second-order valence-electron chi connectivity index (χ2n) is 6.92. The Hall–Kier alpha value is -0.670. The largest absolute Gasteiger partial charge is 0.310 e. The Bertz CT molecular complexity index is 501. The molecule has 4 rings (SSSR count). The molecular formula is C17H22ClF2N. The Morgan fingerprint density at radius 3 is 2.43 bits per heavy atom. The molecule has 3 saturated carbocycles. The molecule has 0 aliphatic heterocycles. The minimum Gasteiger partial charge on any atom is -0.310 e. The van der Waals surface area contributed by atoms with Gasteiger partial charge in [-0.3, -0.25) is 0 Å². The van der Waals surface area contributed by atoms with Crippen LogP contribution in [0.15, 0.2) is 18.2 Å². The van der Waals surface area contributed by atoms with Crippen molar-refractivity contribution in [2.45, 2.75) is 44.7 Å². The number of benzene rings is 1. The van der Waals surface area contributed by atoms with E-state index in [0.29, 0.717) is 18.2 Å². The number of rotatable bonds is 3. The van der Waals surface area contributed by atoms with Gasteiger partial charge in [-0.15, -0.1) is 12.4 Å². The highest BCUT2D eigenvalue weighted by atomic mass is 35.5. The summed E-state index contributed by atoms with van der Waals surface area (Å²) < 4.78 is 26.4. The van der Waals surface area contributed by atoms with Crippen molar-refractivity contribution in [3.05, 3.63) is 35.4 Å². The van der Waals surface area contributed by atoms with E-state index in [1.165, 1.54) is 44.2 Å². The van der Waals surface area contributed by atoms with E-state index >= 15 is 0 Å². The Morgan fingerprint density at radius 1 is 0.952 bits per heavy atom. The molecule has 0 radical (unpaired) electrons. The van der Waals surface area contributed by atoms with Gasteiger partial charge in [0.25, 0.3) is 0 Å². The fourth-order valence-electron chi connectivity index (χ4n) is 5.26. The molecule has 0 saturated heterocycles. The zero-order valence-corrected chi connectivity index (χ0v) is 12.8. The van der Waals surface area contributed by atoms with Gasteiger partial charge in [0.15, 0.2) is 0 Å². The quantitative estimate of drug-likeness (QED) is 0.877. The third kappa shape index (κ3) is 2.70. The van der Waals surface area contributed by atoms with Crippen LogP contribution in [0.5, 0.6) is 0 Å². The molecule has 3 fully saturated rings. The normalized spacial score (nSPS) is 36.6. The second-order valence-corrected chi connectivity index (χ2v) is 6.92. The topological polar surface area (TPSA) is 12.0 Å². The summed E-state index contributed by atoms with van der Waals surface area (Å²) in [5.41, 5.74) is 0.716. The molecule has 5 atom stereocenters. The summed E-state index contributed by atoms with van der Waals surface area (Å²) in [6.45, 7) is 0.583. The fourth-order valence-corrected chi connectivity index (χ4v) is 5.26. The van der Waals surface area contributed by atoms with Crippen LogP contribution in [-0.4, -0.2) is 6.04 Å². The maximum atomic E-state index is 13.2. The summed E-state index contributed by atoms with van der Waals surface area (Å²) >= 11 is 0. The van der Waals surface area contributed by atoms with Crippen molar-refractivity contribution < 1.29 is 8.78 Å². The van der Waals surface area contributed by atoms with Gasteiger partial charge in [0, 0.05) is 18.7 Å². The van der Waals surface area contributed by atoms with Crippen LogP contribution in [-0.2, 0) is 6.54 Å². The van der Waals surface area contributed by atoms with E-state index < -0.39 is 11.6 Å². The number of fused-ring (bicyclic) bond motifs is 5. The molecule has 0 aromatic heterocycles. The summed E-state index contributed by atoms with van der Waals surface area (Å²) in [6.07, 6.45) is 6.89. The van der Waals surface area contributed by atoms with E-state index in [1.807, 2.05) is 0 Å². The standard InChI is InChI=1S/C17H21F2N.ClH/c18-12-4-10(5-13(19)8-12)9-20-17-7-11-6-16(17)15-3-1-2-14(11)15;/h4-5,8,11,14-17,20H,1-3,6-7,9H2;1H. The van der Waals surface area contributed by atoms with Crippen LogP contribution in [0.4, 0.5) is 8.78 Å². The lowest BCUT2D eigenvalue weighted by Crippen LogP contribution is -2.38. The molecule has 0 amide bonds. The van der Waals surface area contributed by atoms with Gasteiger partial charge in [0.05, 0.1) is 0 Å². The summed E-state index contributed by atoms with van der Waals surface area (Å²) in [7, 11) is 0. The van der Waals surface area contributed by atoms with E-state index in [4.69, 9.17) is 0 Å². The van der Waals surface area contributed by atoms with Crippen LogP contribution in [0.3, 0.4) is 0 Å². The molecule has 21 heavy (non-hydrogen) atoms. The third-order valence-electron chi connectivity index (χ3n) is 5.92. The maximum absolute atomic E-state index is 13.2. The molecule has 116 valence electrons. The zero-order valence-electron chi connectivity index (χ0n) is 12.0. The van der Waals surface area contributed by atoms with Gasteiger partial charge < -0.3 is 5.32 Å². The van der Waals surface area contributed by atoms with E-state index in [-0.39, 0.29) is 12.4 Å². The van der Waals surface area contributed by atoms with Crippen molar-refractivity contribution in [2.75, 3.05) is 0 Å². The second kappa shape index (κ2) is 5.85. The van der Waals surface area contributed by atoms with Gasteiger partial charge in [-0.2, -0.15) is 0 Å². The Labute approximate surface area is 130 Å². The molecule has 0 spiro atoms. The van der Waals surface area contributed by atoms with Crippen LogP contribution in [0.2, 0.25) is 0 Å². The van der Waals surface area contributed by atoms with E-state index in [0.717, 1.165) is 29.7 Å². The number of nitrogens with one attached hydrogen (secondary N) is 1. The van der Waals surface area contributed by atoms with Crippen molar-refractivity contribution in [1.29, 1.82) is 0 Å². The van der Waals surface area contributed by atoms with Gasteiger partial charge in [0.2, 0.25) is 0 Å². The van der Waals surface area contributed by atoms with Crippen molar-refractivity contribution in [2.24, 2.45) is 23.7 Å². The minimum absolute atomic E-state index is 0. The Balaban J connectivity index is 0.00000132. The number of hydrogen-bond acceptors (Lipinski definition) is 1. The van der Waals surface area contributed by atoms with Crippen LogP contribution in [0, 0.1) is 35.3 Å². The average molecular weight is 314 g/mol. The minimum atomic E-state index is -0.481. The van der Waals surface area contributed by atoms with Crippen LogP contribution >= 0.6 is 12.4 Å². The molecule has 0 heterocycles. The molecule has 2 bridgehead atoms. The van der Waals surface area contributed by atoms with Gasteiger partial charge in [-0.05, 0) is 67.1 Å². The van der Waals surface area contributed by atoms with Crippen LogP contribution in [0.25, 0.3) is 0 Å². The number of halogens is 3. The van der Waals surface area contributed by atoms with Gasteiger partial charge in [0.1, 0.15) is 11.6 Å². The first-order valence-electron chi connectivity index (χ1n) is 7.89. The van der Waals surface area contributed by atoms with Crippen LogP contribution in [0.1, 0.15) is 37.7 Å². The van der Waals surface area contributed by atoms with Crippen molar-refractivity contribution >= 4 is 12.4 Å². The van der Waals surface area contributed by atoms with E-state index in [2.05, 4.69) is 5.32 Å². The van der Waals surface area contributed by atoms with Gasteiger partial charge in [-0.25, -0.2) is 8.78 Å². The summed E-state index contributed by atoms with van der Waals surface area (Å²) in [4.78, 5) is 0. The average Bonchev–Trinajstić information content (AvgIpc) is 3.07. The Morgan fingerprint density at radius 2 is 1.67 bits per heavy atom. The van der Waals surface area contributed by atoms with E-state index in [1.54, 1.807) is 0 Å². The van der Waals surface area contributed by atoms with E-state index in [9.17, 15) is 8.78 Å². The molecule has 3 aliphatic rings. The fraction of sp³-hybridized carbons (Fsp3) is 0.647. The van der Waals surface area contributed by atoms with Crippen molar-refractivity contribution in [3.63, 3.8) is 0 Å². The van der Waals surface area contributed by atoms with Crippen LogP contribution < -0.4 is 5.32 Å². The molecule has 1 nitrogen and oxygen atoms in total. The van der Waals surface area contributed by atoms with Gasteiger partial charge >= 0.3 is 0 Å². The molecule has 1 aromatic rings. The lowest BCUT2D eigenvalue weighted by Gasteiger charge is -2.32. The molecule has 4 heteroatoms. The highest BCUT2D eigenvalue weighted by Crippen LogP contribution is 2.58. The first-order chi connectivity index (χ1) is 9.70. The molecular weight excluding hydrogens is 292 g/mol. The third-order valence-corrected chi connectivity index (χ3v) is 5.92. The zero-order chi connectivity index (χ0) is 13.7. The predicted molar refractivity (Wildman–Crippen MR) is 81.3 cm³/mol. The highest BCUT2D eigenvalue weighted by molar-refractivity contribution is 5.85. The first kappa shape index (κ1) is 15.2. The molecule has 5 unspecified atom stereocenters. The Kier molecular flexibility index (Phi) is 4.24. The monoisotopic (exact) mass is 313 g/mol. The van der Waals surface area contributed by atoms with Gasteiger partial charge in [-0.1, -0.05) is 6.42 Å². The molecule has 1 aromatic carbocycles. The smallest absolute Gasteiger partial charge is 0.126 e. The van der Waals surface area contributed by atoms with Crippen molar-refractivity contribution in [3.8, 4) is 0 Å². The summed E-state index contributed by atoms with van der Waals surface area (Å²) in [6, 6.07) is 4.36. The lowest BCUT2D eigenvalue weighted by molar-refractivity contribution is 0.208. The summed E-state index contributed by atoms with van der Waals surface area (Å²) in [5.74, 6) is 2.68. The number of hydrogen-bond donors (Lipinski definition) is 1. The SMILES string of the molecule is Cl.Fc1cc(F)cc(CNC2CC3CC2C2CCCC32)c1. The predicted octanol–water partition coefficient (Wildman–Crippen LogP) is 4.30. The molecule has 3 aliphatic carbocycles. The lowest BCUT2D eigenvalue weighted by atomic mass is 9.79. The van der Waals surface area contributed by atoms with Crippen molar-refractivity contribution in [1.82, 2.24) is 5.32 Å².